The Morgan fingerprint density at radius 2 is 1.62 bits per heavy atom. The van der Waals surface area contributed by atoms with Crippen LogP contribution in [0.2, 0.25) is 0 Å². The molecule has 7 rings (SSSR count). The zero-order chi connectivity index (χ0) is 44.7. The van der Waals surface area contributed by atoms with Crippen molar-refractivity contribution in [3.05, 3.63) is 197 Å². The average Bonchev–Trinajstić information content (AvgIpc) is 3.79. The van der Waals surface area contributed by atoms with E-state index in [2.05, 4.69) is 208 Å². The van der Waals surface area contributed by atoms with Crippen LogP contribution in [0.1, 0.15) is 130 Å². The highest BCUT2D eigenvalue weighted by Gasteiger charge is 2.39. The number of hydrogen-bond donors (Lipinski definition) is 0. The lowest BCUT2D eigenvalue weighted by Crippen LogP contribution is -2.34. The van der Waals surface area contributed by atoms with Gasteiger partial charge in [0.05, 0.1) is 0 Å². The van der Waals surface area contributed by atoms with E-state index >= 15 is 0 Å². The minimum atomic E-state index is -0.00404. The third-order valence-corrected chi connectivity index (χ3v) is 14.5. The molecule has 3 aliphatic carbocycles. The van der Waals surface area contributed by atoms with Gasteiger partial charge in [-0.2, -0.15) is 0 Å². The van der Waals surface area contributed by atoms with Crippen LogP contribution in [0.3, 0.4) is 0 Å². The van der Waals surface area contributed by atoms with Gasteiger partial charge < -0.3 is 4.90 Å². The smallest absolute Gasteiger partial charge is 0.194 e. The lowest BCUT2D eigenvalue weighted by molar-refractivity contribution is 0.294. The molecule has 1 unspecified atom stereocenters. The first-order chi connectivity index (χ1) is 30.5. The van der Waals surface area contributed by atoms with Crippen LogP contribution in [-0.4, -0.2) is 18.2 Å². The van der Waals surface area contributed by atoms with E-state index in [0.29, 0.717) is 17.9 Å². The Balaban J connectivity index is 1.16. The molecule has 1 nitrogen and oxygen atoms in total. The van der Waals surface area contributed by atoms with Crippen molar-refractivity contribution < 1.29 is 0 Å². The minimum absolute atomic E-state index is 0.00404. The van der Waals surface area contributed by atoms with E-state index in [1.165, 1.54) is 89.1 Å². The zero-order valence-electron chi connectivity index (χ0n) is 39.7. The molecule has 63 heavy (non-hydrogen) atoms. The predicted molar refractivity (Wildman–Crippen MR) is 278 cm³/mol. The van der Waals surface area contributed by atoms with Gasteiger partial charge in [-0.05, 0) is 153 Å². The molecular formula is C61H71BN. The summed E-state index contributed by atoms with van der Waals surface area (Å²) in [6, 6.07) is 21.2. The van der Waals surface area contributed by atoms with Gasteiger partial charge in [-0.15, -0.1) is 13.2 Å². The standard InChI is InChI=1S/C61H71BN/c1-11-14-16-23-42(4)47(12-2)34-32-45(7)63(46(8)33-35-48(13-3)43(5)24-21-25-44(6)49-26-17-15-18-27-49)51-38-36-50(37-39-51)52-29-22-30-53-54-40-41-57-58(60(54)62-59(52)53)55-28-19-20-31-56(55)61(57,9)10/h11-12,15,17,19-26,28-33,35-36,40-41,44,47,51H,1-2,13-14,16,18,27,34,37-39H2,3-10H3/b25-21-,42-23+,43-24+,45-32+,46-33+,48-35+/t44-,47-,51?/m1/s1. The molecule has 0 saturated heterocycles. The molecule has 0 saturated carbocycles. The third kappa shape index (κ3) is 9.77. The van der Waals surface area contributed by atoms with Gasteiger partial charge in [0.25, 0.3) is 0 Å². The van der Waals surface area contributed by atoms with Gasteiger partial charge in [0, 0.05) is 28.8 Å². The number of allylic oxidation sites excluding steroid dienone is 19. The van der Waals surface area contributed by atoms with Crippen LogP contribution in [-0.2, 0) is 5.41 Å². The van der Waals surface area contributed by atoms with Crippen molar-refractivity contribution in [2.24, 2.45) is 11.8 Å². The lowest BCUT2D eigenvalue weighted by atomic mass is 9.62. The molecule has 0 fully saturated rings. The Kier molecular flexibility index (Phi) is 14.8. The quantitative estimate of drug-likeness (QED) is 0.0444. The SMILES string of the molecule is C=CCC/C=C(\C)[C@H](C=C)C/C=C(\C)N(/C(C)=C/C=C(CC)/C(C)=C/C=C\[C@@H](C)C1=CC=CCC1)C1CC=C(c2cccc3c2[B]c2c-3ccc3c2-c2ccccc2C3(C)C)CC1. The second-order valence-corrected chi connectivity index (χ2v) is 18.9. The van der Waals surface area contributed by atoms with Gasteiger partial charge in [-0.25, -0.2) is 0 Å². The van der Waals surface area contributed by atoms with Gasteiger partial charge in [0.2, 0.25) is 0 Å². The van der Waals surface area contributed by atoms with Gasteiger partial charge in [0.15, 0.2) is 7.28 Å². The summed E-state index contributed by atoms with van der Waals surface area (Å²) in [5, 5.41) is 0. The van der Waals surface area contributed by atoms with Crippen molar-refractivity contribution in [1.82, 2.24) is 4.90 Å². The minimum Gasteiger partial charge on any atom is -0.346 e. The normalized spacial score (nSPS) is 19.4. The summed E-state index contributed by atoms with van der Waals surface area (Å²) >= 11 is 0. The molecule has 1 aliphatic heterocycles. The monoisotopic (exact) mass is 829 g/mol. The second kappa shape index (κ2) is 20.4. The Bertz CT molecular complexity index is 2500. The maximum atomic E-state index is 4.25. The molecule has 0 spiro atoms. The predicted octanol–water partition coefficient (Wildman–Crippen LogP) is 15.5. The number of rotatable bonds is 17. The maximum absolute atomic E-state index is 4.25. The molecule has 1 radical (unpaired) electrons. The molecule has 323 valence electrons. The van der Waals surface area contributed by atoms with E-state index in [-0.39, 0.29) is 5.41 Å². The number of fused-ring (bicyclic) bond motifs is 7. The summed E-state index contributed by atoms with van der Waals surface area (Å²) in [5.74, 6) is 0.774. The molecule has 0 aromatic heterocycles. The zero-order valence-corrected chi connectivity index (χ0v) is 39.7. The van der Waals surface area contributed by atoms with Crippen LogP contribution in [0.5, 0.6) is 0 Å². The van der Waals surface area contributed by atoms with Crippen molar-refractivity contribution in [1.29, 1.82) is 0 Å². The largest absolute Gasteiger partial charge is 0.346 e. The Morgan fingerprint density at radius 1 is 0.841 bits per heavy atom. The number of unbranched alkanes of at least 4 members (excludes halogenated alkanes) is 1. The van der Waals surface area contributed by atoms with E-state index < -0.39 is 0 Å². The Hall–Kier alpha value is -5.34. The van der Waals surface area contributed by atoms with E-state index in [0.717, 1.165) is 57.8 Å². The Morgan fingerprint density at radius 3 is 2.35 bits per heavy atom. The molecule has 1 heterocycles. The van der Waals surface area contributed by atoms with Crippen molar-refractivity contribution in [2.45, 2.75) is 125 Å². The van der Waals surface area contributed by atoms with Crippen LogP contribution >= 0.6 is 0 Å². The van der Waals surface area contributed by atoms with Crippen LogP contribution in [0.15, 0.2) is 180 Å². The van der Waals surface area contributed by atoms with E-state index in [4.69, 9.17) is 0 Å². The fourth-order valence-corrected chi connectivity index (χ4v) is 10.6. The van der Waals surface area contributed by atoms with Gasteiger partial charge in [0.1, 0.15) is 0 Å². The third-order valence-electron chi connectivity index (χ3n) is 14.5. The molecule has 4 aliphatic rings. The lowest BCUT2D eigenvalue weighted by Gasteiger charge is -2.37. The second-order valence-electron chi connectivity index (χ2n) is 18.9. The molecular weight excluding hydrogens is 757 g/mol. The van der Waals surface area contributed by atoms with Crippen molar-refractivity contribution in [3.63, 3.8) is 0 Å². The summed E-state index contributed by atoms with van der Waals surface area (Å²) < 4.78 is 0. The van der Waals surface area contributed by atoms with E-state index in [9.17, 15) is 0 Å². The van der Waals surface area contributed by atoms with Crippen LogP contribution < -0.4 is 10.9 Å². The highest BCUT2D eigenvalue weighted by molar-refractivity contribution is 6.75. The van der Waals surface area contributed by atoms with Gasteiger partial charge in [-0.1, -0.05) is 177 Å². The summed E-state index contributed by atoms with van der Waals surface area (Å²) in [4.78, 5) is 2.64. The summed E-state index contributed by atoms with van der Waals surface area (Å²) in [5.41, 5.74) is 22.3. The number of nitrogens with zero attached hydrogens (tertiary/aromatic N) is 1. The summed E-state index contributed by atoms with van der Waals surface area (Å²) in [6.07, 6.45) is 39.3. The van der Waals surface area contributed by atoms with Crippen molar-refractivity contribution >= 4 is 23.8 Å². The van der Waals surface area contributed by atoms with E-state index in [1.807, 2.05) is 6.08 Å². The summed E-state index contributed by atoms with van der Waals surface area (Å²) in [7, 11) is 2.51. The number of benzene rings is 3. The maximum Gasteiger partial charge on any atom is 0.194 e. The van der Waals surface area contributed by atoms with E-state index in [1.54, 1.807) is 0 Å². The van der Waals surface area contributed by atoms with Gasteiger partial charge >= 0.3 is 0 Å². The molecule has 0 bridgehead atoms. The van der Waals surface area contributed by atoms with Gasteiger partial charge in [-0.3, -0.25) is 0 Å². The van der Waals surface area contributed by atoms with Crippen molar-refractivity contribution in [3.8, 4) is 22.3 Å². The molecule has 2 heteroatoms. The van der Waals surface area contributed by atoms with Crippen LogP contribution in [0.4, 0.5) is 0 Å². The molecule has 3 aromatic rings. The fraction of sp³-hybridized carbons (Fsp3) is 0.344. The highest BCUT2D eigenvalue weighted by atomic mass is 15.2. The average molecular weight is 829 g/mol. The first kappa shape index (κ1) is 45.7. The first-order valence-corrected chi connectivity index (χ1v) is 23.9. The fourth-order valence-electron chi connectivity index (χ4n) is 10.6. The highest BCUT2D eigenvalue weighted by Crippen LogP contribution is 2.49. The Labute approximate surface area is 382 Å². The molecule has 3 atom stereocenters. The molecule has 3 aromatic carbocycles. The van der Waals surface area contributed by atoms with Crippen molar-refractivity contribution in [2.75, 3.05) is 0 Å². The van der Waals surface area contributed by atoms with Crippen LogP contribution in [0, 0.1) is 11.8 Å². The number of hydrogen-bond acceptors (Lipinski definition) is 1. The molecule has 0 amide bonds. The first-order valence-electron chi connectivity index (χ1n) is 23.9. The topological polar surface area (TPSA) is 3.24 Å². The van der Waals surface area contributed by atoms with Crippen LogP contribution in [0.25, 0.3) is 27.8 Å². The summed E-state index contributed by atoms with van der Waals surface area (Å²) in [6.45, 7) is 26.7. The molecule has 0 N–H and O–H groups in total.